The predicted octanol–water partition coefficient (Wildman–Crippen LogP) is 12.6. The van der Waals surface area contributed by atoms with Gasteiger partial charge in [-0.05, 0) is 77.1 Å². The van der Waals surface area contributed by atoms with E-state index in [-0.39, 0.29) is 11.9 Å². The second-order valence-corrected chi connectivity index (χ2v) is 13.3. The molecule has 0 saturated carbocycles. The van der Waals surface area contributed by atoms with Crippen LogP contribution in [0.15, 0.2) is 84.9 Å². The average Bonchev–Trinajstić information content (AvgIpc) is 3.12. The van der Waals surface area contributed by atoms with Crippen molar-refractivity contribution in [2.24, 2.45) is 0 Å². The minimum absolute atomic E-state index is 0.155. The smallest absolute Gasteiger partial charge is 0.313 e. The van der Waals surface area contributed by atoms with Gasteiger partial charge in [-0.3, -0.25) is 4.79 Å². The molecule has 48 heavy (non-hydrogen) atoms. The van der Waals surface area contributed by atoms with Crippen LogP contribution in [0.25, 0.3) is 21.9 Å². The molecule has 0 N–H and O–H groups in total. The highest BCUT2D eigenvalue weighted by Gasteiger charge is 2.17. The van der Waals surface area contributed by atoms with Crippen LogP contribution in [0.3, 0.4) is 0 Å². The number of hydrogen-bond donors (Lipinski definition) is 0. The topological polar surface area (TPSA) is 44.8 Å². The Morgan fingerprint density at radius 2 is 1.06 bits per heavy atom. The second kappa shape index (κ2) is 21.2. The van der Waals surface area contributed by atoms with Gasteiger partial charge in [-0.15, -0.1) is 0 Å². The zero-order valence-electron chi connectivity index (χ0n) is 29.8. The van der Waals surface area contributed by atoms with E-state index in [0.29, 0.717) is 13.2 Å². The van der Waals surface area contributed by atoms with Gasteiger partial charge in [-0.2, -0.15) is 0 Å². The molecule has 0 aliphatic heterocycles. The van der Waals surface area contributed by atoms with Crippen LogP contribution in [0, 0.1) is 0 Å². The van der Waals surface area contributed by atoms with Gasteiger partial charge in [0.2, 0.25) is 0 Å². The Kier molecular flexibility index (Phi) is 16.4. The molecule has 0 aromatic heterocycles. The van der Waals surface area contributed by atoms with E-state index >= 15 is 0 Å². The second-order valence-electron chi connectivity index (χ2n) is 13.3. The van der Waals surface area contributed by atoms with E-state index in [4.69, 9.17) is 14.2 Å². The minimum Gasteiger partial charge on any atom is -0.494 e. The van der Waals surface area contributed by atoms with Crippen LogP contribution in [-0.2, 0) is 16.1 Å². The monoisotopic (exact) mass is 650 g/mol. The lowest BCUT2D eigenvalue weighted by atomic mass is 9.98. The Morgan fingerprint density at radius 3 is 1.73 bits per heavy atom. The molecular weight excluding hydrogens is 592 g/mol. The van der Waals surface area contributed by atoms with E-state index in [1.165, 1.54) is 81.8 Å². The molecule has 0 saturated heterocycles. The zero-order valence-corrected chi connectivity index (χ0v) is 29.8. The van der Waals surface area contributed by atoms with Crippen LogP contribution < -0.4 is 9.47 Å². The van der Waals surface area contributed by atoms with E-state index in [2.05, 4.69) is 86.6 Å². The fourth-order valence-electron chi connectivity index (χ4n) is 6.05. The summed E-state index contributed by atoms with van der Waals surface area (Å²) in [7, 11) is 0. The summed E-state index contributed by atoms with van der Waals surface area (Å²) in [6.07, 6.45) is 17.7. The molecular formula is C44H58O4. The Labute approximate surface area is 290 Å². The maximum absolute atomic E-state index is 12.6. The molecule has 4 aromatic carbocycles. The number of hydrogen-bond acceptors (Lipinski definition) is 4. The molecule has 4 aromatic rings. The zero-order chi connectivity index (χ0) is 33.8. The molecule has 0 amide bonds. The number of unbranched alkanes of at least 4 members (excludes halogenated alkanes) is 12. The standard InChI is InChI=1S/C44H58O4/c1-4-6-8-10-11-12-13-14-15-17-30-46-42-27-24-38(25-28-42)37-20-18-36(19-21-37)34-48-43-29-26-40-32-39(22-23-41(40)33-43)35(3)44(45)47-31-16-9-7-5-2/h18-29,32-33,35H,4-17,30-31,34H2,1-3H3/t35-/m0/s1. The molecule has 4 nitrogen and oxygen atoms in total. The summed E-state index contributed by atoms with van der Waals surface area (Å²) >= 11 is 0. The van der Waals surface area contributed by atoms with Gasteiger partial charge in [0.05, 0.1) is 19.1 Å². The molecule has 4 rings (SSSR count). The number of carbonyl (C=O) groups excluding carboxylic acids is 1. The maximum Gasteiger partial charge on any atom is 0.313 e. The van der Waals surface area contributed by atoms with E-state index in [0.717, 1.165) is 59.3 Å². The number of benzene rings is 4. The van der Waals surface area contributed by atoms with Crippen molar-refractivity contribution in [1.82, 2.24) is 0 Å². The third-order valence-corrected chi connectivity index (χ3v) is 9.25. The van der Waals surface area contributed by atoms with Gasteiger partial charge in [0.15, 0.2) is 0 Å². The van der Waals surface area contributed by atoms with Gasteiger partial charge in [-0.25, -0.2) is 0 Å². The van der Waals surface area contributed by atoms with E-state index < -0.39 is 0 Å². The summed E-state index contributed by atoms with van der Waals surface area (Å²) in [5.74, 6) is 1.33. The fourth-order valence-corrected chi connectivity index (χ4v) is 6.05. The van der Waals surface area contributed by atoms with Gasteiger partial charge < -0.3 is 14.2 Å². The Bertz CT molecular complexity index is 1470. The quantitative estimate of drug-likeness (QED) is 0.0592. The first-order valence-electron chi connectivity index (χ1n) is 18.7. The Balaban J connectivity index is 1.17. The molecule has 1 atom stereocenters. The molecule has 0 fully saturated rings. The molecule has 0 unspecified atom stereocenters. The Morgan fingerprint density at radius 1 is 0.542 bits per heavy atom. The number of ether oxygens (including phenoxy) is 3. The Hall–Kier alpha value is -3.79. The summed E-state index contributed by atoms with van der Waals surface area (Å²) in [5.41, 5.74) is 4.45. The first-order chi connectivity index (χ1) is 23.6. The summed E-state index contributed by atoms with van der Waals surface area (Å²) in [4.78, 5) is 12.6. The normalized spacial score (nSPS) is 11.8. The lowest BCUT2D eigenvalue weighted by Crippen LogP contribution is -2.14. The van der Waals surface area contributed by atoms with E-state index in [1.807, 2.05) is 19.1 Å². The number of rotatable bonds is 23. The van der Waals surface area contributed by atoms with Crippen LogP contribution in [0.2, 0.25) is 0 Å². The largest absolute Gasteiger partial charge is 0.494 e. The first-order valence-corrected chi connectivity index (χ1v) is 18.7. The number of fused-ring (bicyclic) bond motifs is 1. The summed E-state index contributed by atoms with van der Waals surface area (Å²) < 4.78 is 17.7. The third kappa shape index (κ3) is 12.7. The van der Waals surface area contributed by atoms with Gasteiger partial charge in [-0.1, -0.05) is 152 Å². The molecule has 0 spiro atoms. The van der Waals surface area contributed by atoms with Crippen molar-refractivity contribution in [3.05, 3.63) is 96.1 Å². The van der Waals surface area contributed by atoms with Crippen LogP contribution in [-0.4, -0.2) is 19.2 Å². The van der Waals surface area contributed by atoms with Crippen LogP contribution in [0.4, 0.5) is 0 Å². The predicted molar refractivity (Wildman–Crippen MR) is 201 cm³/mol. The highest BCUT2D eigenvalue weighted by molar-refractivity contribution is 5.86. The molecule has 0 bridgehead atoms. The van der Waals surface area contributed by atoms with Gasteiger partial charge in [0.25, 0.3) is 0 Å². The van der Waals surface area contributed by atoms with E-state index in [9.17, 15) is 4.79 Å². The third-order valence-electron chi connectivity index (χ3n) is 9.25. The lowest BCUT2D eigenvalue weighted by Gasteiger charge is -2.13. The van der Waals surface area contributed by atoms with E-state index in [1.54, 1.807) is 0 Å². The van der Waals surface area contributed by atoms with Gasteiger partial charge >= 0.3 is 5.97 Å². The fraction of sp³-hybridized carbons (Fsp3) is 0.477. The van der Waals surface area contributed by atoms with Gasteiger partial charge in [0.1, 0.15) is 18.1 Å². The SMILES string of the molecule is CCCCCCCCCCCCOc1ccc(-c2ccc(COc3ccc4cc([C@H](C)C(=O)OCCCCCC)ccc4c3)cc2)cc1. The maximum atomic E-state index is 12.6. The van der Waals surface area contributed by atoms with Crippen molar-refractivity contribution in [3.63, 3.8) is 0 Å². The van der Waals surface area contributed by atoms with Crippen molar-refractivity contribution in [3.8, 4) is 22.6 Å². The number of carbonyl (C=O) groups is 1. The highest BCUT2D eigenvalue weighted by Crippen LogP contribution is 2.27. The molecule has 4 heteroatoms. The van der Waals surface area contributed by atoms with Gasteiger partial charge in [0, 0.05) is 0 Å². The highest BCUT2D eigenvalue weighted by atomic mass is 16.5. The summed E-state index contributed by atoms with van der Waals surface area (Å²) in [6.45, 7) is 8.16. The summed E-state index contributed by atoms with van der Waals surface area (Å²) in [6, 6.07) is 29.3. The molecule has 0 heterocycles. The molecule has 258 valence electrons. The van der Waals surface area contributed by atoms with Crippen LogP contribution >= 0.6 is 0 Å². The van der Waals surface area contributed by atoms with Crippen molar-refractivity contribution in [2.45, 2.75) is 123 Å². The molecule has 0 aliphatic rings. The molecule has 0 aliphatic carbocycles. The lowest BCUT2D eigenvalue weighted by molar-refractivity contribution is -0.145. The van der Waals surface area contributed by atoms with Crippen LogP contribution in [0.5, 0.6) is 11.5 Å². The summed E-state index contributed by atoms with van der Waals surface area (Å²) in [5, 5.41) is 2.17. The first kappa shape index (κ1) is 37.0. The van der Waals surface area contributed by atoms with Crippen molar-refractivity contribution in [1.29, 1.82) is 0 Å². The number of esters is 1. The molecule has 0 radical (unpaired) electrons. The van der Waals surface area contributed by atoms with Crippen molar-refractivity contribution < 1.29 is 19.0 Å². The minimum atomic E-state index is -0.287. The van der Waals surface area contributed by atoms with Crippen LogP contribution in [0.1, 0.15) is 128 Å². The van der Waals surface area contributed by atoms with Crippen molar-refractivity contribution in [2.75, 3.05) is 13.2 Å². The average molecular weight is 651 g/mol. The van der Waals surface area contributed by atoms with Crippen molar-refractivity contribution >= 4 is 16.7 Å².